The largest absolute Gasteiger partial charge is 0.444 e. The van der Waals surface area contributed by atoms with Crippen LogP contribution in [0.15, 0.2) is 41.0 Å². The van der Waals surface area contributed by atoms with Gasteiger partial charge < -0.3 is 15.5 Å². The number of benzene rings is 1. The second kappa shape index (κ2) is 8.56. The van der Waals surface area contributed by atoms with Gasteiger partial charge in [0.15, 0.2) is 0 Å². The van der Waals surface area contributed by atoms with Crippen LogP contribution in [0.1, 0.15) is 26.0 Å². The number of aromatic nitrogens is 1. The van der Waals surface area contributed by atoms with E-state index in [0.717, 1.165) is 12.0 Å². The van der Waals surface area contributed by atoms with Crippen LogP contribution in [-0.2, 0) is 11.3 Å². The van der Waals surface area contributed by atoms with E-state index >= 15 is 0 Å². The third-order valence-corrected chi connectivity index (χ3v) is 3.58. The molecule has 2 rings (SSSR count). The van der Waals surface area contributed by atoms with Gasteiger partial charge in [0.25, 0.3) is 0 Å². The summed E-state index contributed by atoms with van der Waals surface area (Å²) in [5.41, 5.74) is 7.46. The molecule has 0 bridgehead atoms. The van der Waals surface area contributed by atoms with Crippen molar-refractivity contribution in [3.8, 4) is 11.5 Å². The Labute approximate surface area is 136 Å². The SMILES string of the molecule is CCC(C)C(N)C(=O)NCc1coc(-c2ccccc2)n1.Cl. The Morgan fingerprint density at radius 2 is 2.05 bits per heavy atom. The number of carbonyl (C=O) groups excluding carboxylic acids is 1. The van der Waals surface area contributed by atoms with E-state index < -0.39 is 6.04 Å². The van der Waals surface area contributed by atoms with E-state index in [9.17, 15) is 4.79 Å². The van der Waals surface area contributed by atoms with Gasteiger partial charge in [0, 0.05) is 5.56 Å². The molecule has 0 aliphatic carbocycles. The van der Waals surface area contributed by atoms with Gasteiger partial charge in [-0.25, -0.2) is 4.98 Å². The Morgan fingerprint density at radius 3 is 2.68 bits per heavy atom. The fourth-order valence-electron chi connectivity index (χ4n) is 1.91. The van der Waals surface area contributed by atoms with Gasteiger partial charge >= 0.3 is 0 Å². The molecule has 0 aliphatic rings. The van der Waals surface area contributed by atoms with Crippen LogP contribution >= 0.6 is 12.4 Å². The normalized spacial score (nSPS) is 13.0. The number of nitrogens with two attached hydrogens (primary N) is 1. The number of hydrogen-bond donors (Lipinski definition) is 2. The molecular weight excluding hydrogens is 302 g/mol. The predicted octanol–water partition coefficient (Wildman–Crippen LogP) is 2.75. The molecule has 1 aromatic heterocycles. The minimum Gasteiger partial charge on any atom is -0.444 e. The first-order chi connectivity index (χ1) is 10.1. The van der Waals surface area contributed by atoms with Gasteiger partial charge in [0.1, 0.15) is 6.26 Å². The van der Waals surface area contributed by atoms with Gasteiger partial charge in [-0.15, -0.1) is 12.4 Å². The molecule has 0 spiro atoms. The van der Waals surface area contributed by atoms with Crippen LogP contribution in [-0.4, -0.2) is 16.9 Å². The lowest BCUT2D eigenvalue weighted by Gasteiger charge is -2.17. The van der Waals surface area contributed by atoms with Crippen LogP contribution in [0.3, 0.4) is 0 Å². The molecule has 1 heterocycles. The molecule has 2 atom stereocenters. The Morgan fingerprint density at radius 1 is 1.36 bits per heavy atom. The van der Waals surface area contributed by atoms with Gasteiger partial charge in [0.2, 0.25) is 11.8 Å². The number of hydrogen-bond acceptors (Lipinski definition) is 4. The highest BCUT2D eigenvalue weighted by Gasteiger charge is 2.19. The van der Waals surface area contributed by atoms with E-state index in [-0.39, 0.29) is 24.2 Å². The van der Waals surface area contributed by atoms with Crippen molar-refractivity contribution in [3.63, 3.8) is 0 Å². The van der Waals surface area contributed by atoms with Crippen molar-refractivity contribution in [2.45, 2.75) is 32.9 Å². The van der Waals surface area contributed by atoms with Crippen LogP contribution in [0.2, 0.25) is 0 Å². The fourth-order valence-corrected chi connectivity index (χ4v) is 1.91. The molecule has 0 fully saturated rings. The molecule has 6 heteroatoms. The van der Waals surface area contributed by atoms with E-state index in [2.05, 4.69) is 10.3 Å². The Hall–Kier alpha value is -1.85. The Balaban J connectivity index is 0.00000242. The zero-order chi connectivity index (χ0) is 15.2. The molecule has 0 saturated carbocycles. The third-order valence-electron chi connectivity index (χ3n) is 3.58. The topological polar surface area (TPSA) is 81.2 Å². The van der Waals surface area contributed by atoms with E-state index in [1.807, 2.05) is 44.2 Å². The molecule has 3 N–H and O–H groups in total. The van der Waals surface area contributed by atoms with Crippen molar-refractivity contribution in [2.75, 3.05) is 0 Å². The monoisotopic (exact) mass is 323 g/mol. The maximum Gasteiger partial charge on any atom is 0.237 e. The van der Waals surface area contributed by atoms with Crippen molar-refractivity contribution < 1.29 is 9.21 Å². The summed E-state index contributed by atoms with van der Waals surface area (Å²) >= 11 is 0. The molecule has 1 amide bonds. The quantitative estimate of drug-likeness (QED) is 0.856. The van der Waals surface area contributed by atoms with E-state index in [1.54, 1.807) is 6.26 Å². The highest BCUT2D eigenvalue weighted by molar-refractivity contribution is 5.85. The Kier molecular flexibility index (Phi) is 7.08. The number of nitrogens with zero attached hydrogens (tertiary/aromatic N) is 1. The minimum absolute atomic E-state index is 0. The maximum absolute atomic E-state index is 11.9. The van der Waals surface area contributed by atoms with Crippen molar-refractivity contribution in [1.29, 1.82) is 0 Å². The number of amides is 1. The minimum atomic E-state index is -0.490. The summed E-state index contributed by atoms with van der Waals surface area (Å²) in [7, 11) is 0. The smallest absolute Gasteiger partial charge is 0.237 e. The number of rotatable bonds is 6. The van der Waals surface area contributed by atoms with Crippen LogP contribution in [0.25, 0.3) is 11.5 Å². The summed E-state index contributed by atoms with van der Waals surface area (Å²) in [6, 6.07) is 9.14. The van der Waals surface area contributed by atoms with E-state index in [4.69, 9.17) is 10.2 Å². The van der Waals surface area contributed by atoms with Crippen LogP contribution in [0.5, 0.6) is 0 Å². The van der Waals surface area contributed by atoms with Gasteiger partial charge in [-0.2, -0.15) is 0 Å². The summed E-state index contributed by atoms with van der Waals surface area (Å²) < 4.78 is 5.42. The van der Waals surface area contributed by atoms with Crippen LogP contribution in [0.4, 0.5) is 0 Å². The van der Waals surface area contributed by atoms with Gasteiger partial charge in [-0.05, 0) is 18.1 Å². The lowest BCUT2D eigenvalue weighted by Crippen LogP contribution is -2.44. The molecule has 2 unspecified atom stereocenters. The Bertz CT molecular complexity index is 586. The van der Waals surface area contributed by atoms with Crippen LogP contribution < -0.4 is 11.1 Å². The van der Waals surface area contributed by atoms with Gasteiger partial charge in [-0.1, -0.05) is 38.5 Å². The van der Waals surface area contributed by atoms with Crippen molar-refractivity contribution in [3.05, 3.63) is 42.3 Å². The number of oxazole rings is 1. The zero-order valence-electron chi connectivity index (χ0n) is 12.8. The second-order valence-electron chi connectivity index (χ2n) is 5.14. The lowest BCUT2D eigenvalue weighted by molar-refractivity contribution is -0.123. The van der Waals surface area contributed by atoms with Gasteiger partial charge in [-0.3, -0.25) is 4.79 Å². The summed E-state index contributed by atoms with van der Waals surface area (Å²) in [6.07, 6.45) is 2.42. The van der Waals surface area contributed by atoms with E-state index in [0.29, 0.717) is 18.1 Å². The first-order valence-corrected chi connectivity index (χ1v) is 7.15. The standard InChI is InChI=1S/C16H21N3O2.ClH/c1-3-11(2)14(17)15(20)18-9-13-10-21-16(19-13)12-7-5-4-6-8-12;/h4-8,10-11,14H,3,9,17H2,1-2H3,(H,18,20);1H. The molecule has 0 radical (unpaired) electrons. The van der Waals surface area contributed by atoms with Crippen molar-refractivity contribution in [2.24, 2.45) is 11.7 Å². The second-order valence-corrected chi connectivity index (χ2v) is 5.14. The number of halogens is 1. The average Bonchev–Trinajstić information content (AvgIpc) is 3.01. The molecular formula is C16H22ClN3O2. The molecule has 0 aliphatic heterocycles. The summed E-state index contributed by atoms with van der Waals surface area (Å²) in [4.78, 5) is 16.3. The molecule has 0 saturated heterocycles. The molecule has 5 nitrogen and oxygen atoms in total. The van der Waals surface area contributed by atoms with Crippen LogP contribution in [0, 0.1) is 5.92 Å². The summed E-state index contributed by atoms with van der Waals surface area (Å²) in [5.74, 6) is 0.543. The molecule has 22 heavy (non-hydrogen) atoms. The first-order valence-electron chi connectivity index (χ1n) is 7.15. The summed E-state index contributed by atoms with van der Waals surface area (Å²) in [5, 5.41) is 2.79. The maximum atomic E-state index is 11.9. The van der Waals surface area contributed by atoms with Crippen molar-refractivity contribution in [1.82, 2.24) is 10.3 Å². The highest BCUT2D eigenvalue weighted by atomic mass is 35.5. The highest BCUT2D eigenvalue weighted by Crippen LogP contribution is 2.17. The molecule has 1 aromatic carbocycles. The lowest BCUT2D eigenvalue weighted by atomic mass is 9.99. The predicted molar refractivity (Wildman–Crippen MR) is 88.5 cm³/mol. The zero-order valence-corrected chi connectivity index (χ0v) is 13.6. The van der Waals surface area contributed by atoms with E-state index in [1.165, 1.54) is 0 Å². The van der Waals surface area contributed by atoms with Crippen molar-refractivity contribution >= 4 is 18.3 Å². The first kappa shape index (κ1) is 18.2. The molecule has 120 valence electrons. The number of carbonyl (C=O) groups is 1. The fraction of sp³-hybridized carbons (Fsp3) is 0.375. The molecule has 2 aromatic rings. The third kappa shape index (κ3) is 4.58. The summed E-state index contributed by atoms with van der Waals surface area (Å²) in [6.45, 7) is 4.30. The number of nitrogens with one attached hydrogen (secondary N) is 1. The van der Waals surface area contributed by atoms with Gasteiger partial charge in [0.05, 0.1) is 18.3 Å². The average molecular weight is 324 g/mol.